The van der Waals surface area contributed by atoms with E-state index in [-0.39, 0.29) is 11.9 Å². The van der Waals surface area contributed by atoms with Crippen LogP contribution >= 0.6 is 0 Å². The monoisotopic (exact) mass is 315 g/mol. The molecule has 0 bridgehead atoms. The standard InChI is InChI=1S/C17H21N3O3/c21-16(12-7-8-18-15(19-12)10-5-6-10)20-13-4-2-1-3-11(13)9-14(20)17(22)23/h7-8,10-11,13-14H,1-6,9H2,(H,22,23)/t11-,13-,14-/m0/s1. The smallest absolute Gasteiger partial charge is 0.326 e. The van der Waals surface area contributed by atoms with Crippen LogP contribution in [0, 0.1) is 5.92 Å². The van der Waals surface area contributed by atoms with Crippen molar-refractivity contribution in [3.05, 3.63) is 23.8 Å². The van der Waals surface area contributed by atoms with Crippen LogP contribution in [0.4, 0.5) is 0 Å². The summed E-state index contributed by atoms with van der Waals surface area (Å²) in [5, 5.41) is 9.55. The van der Waals surface area contributed by atoms with Gasteiger partial charge in [0.1, 0.15) is 17.6 Å². The lowest BCUT2D eigenvalue weighted by atomic mass is 9.84. The summed E-state index contributed by atoms with van der Waals surface area (Å²) in [6.45, 7) is 0. The molecule has 1 aromatic rings. The molecular formula is C17H21N3O3. The maximum Gasteiger partial charge on any atom is 0.326 e. The molecule has 4 rings (SSSR count). The molecule has 1 saturated heterocycles. The average molecular weight is 315 g/mol. The first-order valence-electron chi connectivity index (χ1n) is 8.53. The van der Waals surface area contributed by atoms with Crippen molar-refractivity contribution in [2.45, 2.75) is 62.9 Å². The van der Waals surface area contributed by atoms with Crippen LogP contribution in [0.1, 0.15) is 67.2 Å². The number of fused-ring (bicyclic) bond motifs is 1. The predicted octanol–water partition coefficient (Wildman–Crippen LogP) is 2.21. The molecule has 122 valence electrons. The van der Waals surface area contributed by atoms with E-state index >= 15 is 0 Å². The van der Waals surface area contributed by atoms with Gasteiger partial charge in [-0.3, -0.25) is 4.79 Å². The maximum atomic E-state index is 13.0. The van der Waals surface area contributed by atoms with Crippen molar-refractivity contribution in [1.82, 2.24) is 14.9 Å². The van der Waals surface area contributed by atoms with E-state index in [0.29, 0.717) is 24.0 Å². The van der Waals surface area contributed by atoms with E-state index in [1.165, 1.54) is 0 Å². The molecule has 0 radical (unpaired) electrons. The number of aliphatic carboxylic acids is 1. The molecule has 2 aliphatic carbocycles. The van der Waals surface area contributed by atoms with Crippen molar-refractivity contribution in [2.24, 2.45) is 5.92 Å². The van der Waals surface area contributed by atoms with Gasteiger partial charge in [0.25, 0.3) is 5.91 Å². The summed E-state index contributed by atoms with van der Waals surface area (Å²) < 4.78 is 0. The summed E-state index contributed by atoms with van der Waals surface area (Å²) in [4.78, 5) is 34.9. The van der Waals surface area contributed by atoms with Crippen LogP contribution < -0.4 is 0 Å². The average Bonchev–Trinajstić information content (AvgIpc) is 3.34. The SMILES string of the molecule is O=C(O)[C@@H]1C[C@@H]2CCCC[C@@H]2N1C(=O)c1ccnc(C2CC2)n1. The Morgan fingerprint density at radius 1 is 1.17 bits per heavy atom. The van der Waals surface area contributed by atoms with Crippen molar-refractivity contribution in [2.75, 3.05) is 0 Å². The Morgan fingerprint density at radius 2 is 1.96 bits per heavy atom. The minimum Gasteiger partial charge on any atom is -0.480 e. The Labute approximate surface area is 134 Å². The second-order valence-electron chi connectivity index (χ2n) is 6.99. The molecular weight excluding hydrogens is 294 g/mol. The molecule has 6 heteroatoms. The zero-order valence-electron chi connectivity index (χ0n) is 13.0. The van der Waals surface area contributed by atoms with Crippen molar-refractivity contribution < 1.29 is 14.7 Å². The molecule has 2 saturated carbocycles. The van der Waals surface area contributed by atoms with E-state index in [2.05, 4.69) is 9.97 Å². The van der Waals surface area contributed by atoms with Crippen LogP contribution in [0.5, 0.6) is 0 Å². The molecule has 6 nitrogen and oxygen atoms in total. The first-order valence-corrected chi connectivity index (χ1v) is 8.53. The Bertz CT molecular complexity index is 644. The molecule has 1 N–H and O–H groups in total. The normalized spacial score (nSPS) is 30.1. The molecule has 23 heavy (non-hydrogen) atoms. The van der Waals surface area contributed by atoms with Gasteiger partial charge in [0.15, 0.2) is 0 Å². The molecule has 1 amide bonds. The summed E-state index contributed by atoms with van der Waals surface area (Å²) in [5.74, 6) is 0.278. The largest absolute Gasteiger partial charge is 0.480 e. The van der Waals surface area contributed by atoms with Crippen LogP contribution in [0.25, 0.3) is 0 Å². The first kappa shape index (κ1) is 14.6. The maximum absolute atomic E-state index is 13.0. The number of aromatic nitrogens is 2. The third kappa shape index (κ3) is 2.60. The van der Waals surface area contributed by atoms with E-state index in [4.69, 9.17) is 0 Å². The van der Waals surface area contributed by atoms with E-state index in [1.807, 2.05) is 0 Å². The molecule has 3 atom stereocenters. The fourth-order valence-electron chi connectivity index (χ4n) is 4.14. The summed E-state index contributed by atoms with van der Waals surface area (Å²) in [7, 11) is 0. The van der Waals surface area contributed by atoms with Gasteiger partial charge in [-0.25, -0.2) is 14.8 Å². The summed E-state index contributed by atoms with van der Waals surface area (Å²) in [5.41, 5.74) is 0.347. The highest BCUT2D eigenvalue weighted by Gasteiger charge is 2.48. The Hall–Kier alpha value is -1.98. The fraction of sp³-hybridized carbons (Fsp3) is 0.647. The lowest BCUT2D eigenvalue weighted by Gasteiger charge is -2.32. The van der Waals surface area contributed by atoms with E-state index in [9.17, 15) is 14.7 Å². The van der Waals surface area contributed by atoms with Crippen molar-refractivity contribution in [1.29, 1.82) is 0 Å². The van der Waals surface area contributed by atoms with Gasteiger partial charge in [-0.15, -0.1) is 0 Å². The van der Waals surface area contributed by atoms with Crippen molar-refractivity contribution in [3.8, 4) is 0 Å². The Morgan fingerprint density at radius 3 is 2.70 bits per heavy atom. The van der Waals surface area contributed by atoms with Gasteiger partial charge in [-0.05, 0) is 44.1 Å². The fourth-order valence-corrected chi connectivity index (χ4v) is 4.14. The minimum absolute atomic E-state index is 0.0525. The van der Waals surface area contributed by atoms with Gasteiger partial charge < -0.3 is 10.0 Å². The van der Waals surface area contributed by atoms with Crippen LogP contribution in [0.15, 0.2) is 12.3 Å². The van der Waals surface area contributed by atoms with Gasteiger partial charge in [0.2, 0.25) is 0 Å². The second kappa shape index (κ2) is 5.58. The third-order valence-corrected chi connectivity index (χ3v) is 5.44. The zero-order valence-corrected chi connectivity index (χ0v) is 13.0. The molecule has 1 aliphatic heterocycles. The molecule has 0 spiro atoms. The molecule has 0 unspecified atom stereocenters. The van der Waals surface area contributed by atoms with Gasteiger partial charge in [-0.2, -0.15) is 0 Å². The highest BCUT2D eigenvalue weighted by Crippen LogP contribution is 2.41. The van der Waals surface area contributed by atoms with Crippen LogP contribution in [-0.2, 0) is 4.79 Å². The zero-order chi connectivity index (χ0) is 16.0. The lowest BCUT2D eigenvalue weighted by Crippen LogP contribution is -2.46. The lowest BCUT2D eigenvalue weighted by molar-refractivity contribution is -0.141. The highest BCUT2D eigenvalue weighted by atomic mass is 16.4. The molecule has 2 heterocycles. The number of carbonyl (C=O) groups excluding carboxylic acids is 1. The number of likely N-dealkylation sites (tertiary alicyclic amines) is 1. The topological polar surface area (TPSA) is 83.4 Å². The molecule has 3 aliphatic rings. The summed E-state index contributed by atoms with van der Waals surface area (Å²) >= 11 is 0. The van der Waals surface area contributed by atoms with Gasteiger partial charge >= 0.3 is 5.97 Å². The number of rotatable bonds is 3. The van der Waals surface area contributed by atoms with E-state index < -0.39 is 12.0 Å². The number of carbonyl (C=O) groups is 2. The minimum atomic E-state index is -0.899. The summed E-state index contributed by atoms with van der Waals surface area (Å²) in [6.07, 6.45) is 8.47. The number of carboxylic acids is 1. The van der Waals surface area contributed by atoms with E-state index in [1.54, 1.807) is 17.2 Å². The summed E-state index contributed by atoms with van der Waals surface area (Å²) in [6, 6.07) is 0.954. The van der Waals surface area contributed by atoms with Crippen LogP contribution in [0.2, 0.25) is 0 Å². The molecule has 0 aromatic carbocycles. The van der Waals surface area contributed by atoms with Gasteiger partial charge in [-0.1, -0.05) is 12.8 Å². The molecule has 3 fully saturated rings. The quantitative estimate of drug-likeness (QED) is 0.924. The second-order valence-corrected chi connectivity index (χ2v) is 6.99. The van der Waals surface area contributed by atoms with Crippen LogP contribution in [0.3, 0.4) is 0 Å². The number of hydrogen-bond acceptors (Lipinski definition) is 4. The number of amides is 1. The van der Waals surface area contributed by atoms with Gasteiger partial charge in [0, 0.05) is 18.2 Å². The third-order valence-electron chi connectivity index (χ3n) is 5.44. The van der Waals surface area contributed by atoms with E-state index in [0.717, 1.165) is 44.3 Å². The number of carboxylic acid groups (broad SMARTS) is 1. The first-order chi connectivity index (χ1) is 11.1. The number of nitrogens with zero attached hydrogens (tertiary/aromatic N) is 3. The predicted molar refractivity (Wildman–Crippen MR) is 82.0 cm³/mol. The highest BCUT2D eigenvalue weighted by molar-refractivity contribution is 5.95. The van der Waals surface area contributed by atoms with Crippen LogP contribution in [-0.4, -0.2) is 43.9 Å². The Balaban J connectivity index is 1.64. The van der Waals surface area contributed by atoms with Crippen molar-refractivity contribution >= 4 is 11.9 Å². The molecule has 1 aromatic heterocycles. The Kier molecular flexibility index (Phi) is 3.54. The van der Waals surface area contributed by atoms with Crippen molar-refractivity contribution in [3.63, 3.8) is 0 Å². The van der Waals surface area contributed by atoms with Gasteiger partial charge in [0.05, 0.1) is 0 Å². The number of hydrogen-bond donors (Lipinski definition) is 1.